The average molecular weight is 355 g/mol. The Morgan fingerprint density at radius 2 is 2.42 bits per heavy atom. The molecular formula is C17H30N4O2S. The van der Waals surface area contributed by atoms with Gasteiger partial charge in [-0.05, 0) is 32.2 Å². The second-order valence-corrected chi connectivity index (χ2v) is 7.30. The number of thiazole rings is 1. The lowest BCUT2D eigenvalue weighted by molar-refractivity contribution is 0.0839. The average Bonchev–Trinajstić information content (AvgIpc) is 3.03. The molecule has 1 saturated heterocycles. The van der Waals surface area contributed by atoms with Crippen molar-refractivity contribution >= 4 is 17.2 Å². The summed E-state index contributed by atoms with van der Waals surface area (Å²) in [6.07, 6.45) is 2.79. The maximum atomic E-state index is 12.4. The van der Waals surface area contributed by atoms with Crippen LogP contribution in [0.15, 0.2) is 5.38 Å². The molecule has 1 aliphatic rings. The van der Waals surface area contributed by atoms with Gasteiger partial charge in [0.25, 0.3) is 5.91 Å². The number of carbonyl (C=O) groups is 1. The summed E-state index contributed by atoms with van der Waals surface area (Å²) in [5.41, 5.74) is 6.05. The van der Waals surface area contributed by atoms with Gasteiger partial charge in [0, 0.05) is 50.7 Å². The number of nitrogens with two attached hydrogens (primary N) is 1. The zero-order valence-electron chi connectivity index (χ0n) is 14.8. The Bertz CT molecular complexity index is 509. The van der Waals surface area contributed by atoms with Gasteiger partial charge in [0.05, 0.1) is 5.01 Å². The molecule has 7 heteroatoms. The fraction of sp³-hybridized carbons (Fsp3) is 0.765. The van der Waals surface area contributed by atoms with E-state index in [-0.39, 0.29) is 11.9 Å². The zero-order chi connectivity index (χ0) is 17.4. The topological polar surface area (TPSA) is 80.5 Å². The summed E-state index contributed by atoms with van der Waals surface area (Å²) >= 11 is 1.51. The summed E-state index contributed by atoms with van der Waals surface area (Å²) in [4.78, 5) is 19.2. The Morgan fingerprint density at radius 1 is 1.58 bits per heavy atom. The number of nitrogens with zero attached hydrogens (tertiary/aromatic N) is 2. The SMILES string of the molecule is CCOCCCN1CCC(NC(=O)c2csc(CCN)n2)C(C)C1. The van der Waals surface area contributed by atoms with Crippen molar-refractivity contribution in [2.24, 2.45) is 11.7 Å². The third-order valence-electron chi connectivity index (χ3n) is 4.42. The summed E-state index contributed by atoms with van der Waals surface area (Å²) in [5, 5.41) is 5.92. The van der Waals surface area contributed by atoms with Crippen LogP contribution < -0.4 is 11.1 Å². The van der Waals surface area contributed by atoms with Crippen molar-refractivity contribution in [1.29, 1.82) is 0 Å². The van der Waals surface area contributed by atoms with E-state index >= 15 is 0 Å². The molecule has 0 aromatic carbocycles. The van der Waals surface area contributed by atoms with E-state index in [1.165, 1.54) is 11.3 Å². The number of carbonyl (C=O) groups excluding carboxylic acids is 1. The van der Waals surface area contributed by atoms with E-state index in [1.54, 1.807) is 0 Å². The van der Waals surface area contributed by atoms with E-state index in [9.17, 15) is 4.79 Å². The number of ether oxygens (including phenoxy) is 1. The first-order chi connectivity index (χ1) is 11.6. The summed E-state index contributed by atoms with van der Waals surface area (Å²) in [6, 6.07) is 0.223. The number of rotatable bonds is 9. The number of nitrogens with one attached hydrogen (secondary N) is 1. The van der Waals surface area contributed by atoms with Crippen LogP contribution in [0.2, 0.25) is 0 Å². The van der Waals surface area contributed by atoms with Gasteiger partial charge in [0.15, 0.2) is 0 Å². The van der Waals surface area contributed by atoms with Crippen LogP contribution in [0.1, 0.15) is 42.2 Å². The lowest BCUT2D eigenvalue weighted by Crippen LogP contribution is -2.50. The van der Waals surface area contributed by atoms with Crippen molar-refractivity contribution in [3.8, 4) is 0 Å². The van der Waals surface area contributed by atoms with Crippen LogP contribution >= 0.6 is 11.3 Å². The van der Waals surface area contributed by atoms with Gasteiger partial charge in [-0.3, -0.25) is 4.79 Å². The maximum absolute atomic E-state index is 12.4. The largest absolute Gasteiger partial charge is 0.382 e. The first kappa shape index (κ1) is 19.3. The van der Waals surface area contributed by atoms with Crippen LogP contribution in [-0.2, 0) is 11.2 Å². The van der Waals surface area contributed by atoms with Gasteiger partial charge in [-0.25, -0.2) is 4.98 Å². The molecule has 24 heavy (non-hydrogen) atoms. The van der Waals surface area contributed by atoms with Crippen molar-refractivity contribution in [3.63, 3.8) is 0 Å². The summed E-state index contributed by atoms with van der Waals surface area (Å²) in [5.74, 6) is 0.383. The monoisotopic (exact) mass is 354 g/mol. The third kappa shape index (κ3) is 5.81. The Labute approximate surface area is 148 Å². The van der Waals surface area contributed by atoms with Crippen LogP contribution in [0.4, 0.5) is 0 Å². The third-order valence-corrected chi connectivity index (χ3v) is 5.32. The van der Waals surface area contributed by atoms with E-state index in [4.69, 9.17) is 10.5 Å². The van der Waals surface area contributed by atoms with Crippen molar-refractivity contribution in [2.75, 3.05) is 39.4 Å². The van der Waals surface area contributed by atoms with E-state index in [0.29, 0.717) is 18.2 Å². The summed E-state index contributed by atoms with van der Waals surface area (Å²) < 4.78 is 5.40. The van der Waals surface area contributed by atoms with Crippen molar-refractivity contribution in [1.82, 2.24) is 15.2 Å². The van der Waals surface area contributed by atoms with Crippen LogP contribution in [0.25, 0.3) is 0 Å². The number of piperidine rings is 1. The minimum atomic E-state index is -0.0591. The highest BCUT2D eigenvalue weighted by molar-refractivity contribution is 7.09. The molecule has 1 aromatic rings. The predicted molar refractivity (Wildman–Crippen MR) is 97.5 cm³/mol. The van der Waals surface area contributed by atoms with Gasteiger partial charge in [-0.2, -0.15) is 0 Å². The fourth-order valence-electron chi connectivity index (χ4n) is 3.08. The number of amides is 1. The molecule has 2 rings (SSSR count). The summed E-state index contributed by atoms with van der Waals surface area (Å²) in [6.45, 7) is 9.53. The molecule has 6 nitrogen and oxygen atoms in total. The highest BCUT2D eigenvalue weighted by Gasteiger charge is 2.27. The molecule has 1 amide bonds. The minimum absolute atomic E-state index is 0.0591. The van der Waals surface area contributed by atoms with Crippen molar-refractivity contribution in [3.05, 3.63) is 16.1 Å². The van der Waals surface area contributed by atoms with E-state index in [0.717, 1.165) is 57.1 Å². The number of likely N-dealkylation sites (tertiary alicyclic amines) is 1. The van der Waals surface area contributed by atoms with Crippen molar-refractivity contribution in [2.45, 2.75) is 39.2 Å². The quantitative estimate of drug-likeness (QED) is 0.657. The van der Waals surface area contributed by atoms with Crippen LogP contribution in [-0.4, -0.2) is 61.2 Å². The molecule has 1 aromatic heterocycles. The molecule has 1 aliphatic heterocycles. The molecule has 0 radical (unpaired) electrons. The highest BCUT2D eigenvalue weighted by atomic mass is 32.1. The molecule has 1 fully saturated rings. The molecule has 0 spiro atoms. The molecule has 2 unspecified atom stereocenters. The lowest BCUT2D eigenvalue weighted by atomic mass is 9.93. The van der Waals surface area contributed by atoms with Crippen LogP contribution in [0, 0.1) is 5.92 Å². The van der Waals surface area contributed by atoms with E-state index in [1.807, 2.05) is 12.3 Å². The van der Waals surface area contributed by atoms with Gasteiger partial charge in [-0.15, -0.1) is 11.3 Å². The van der Waals surface area contributed by atoms with Gasteiger partial charge in [-0.1, -0.05) is 6.92 Å². The number of hydrogen-bond donors (Lipinski definition) is 2. The number of hydrogen-bond acceptors (Lipinski definition) is 6. The summed E-state index contributed by atoms with van der Waals surface area (Å²) in [7, 11) is 0. The zero-order valence-corrected chi connectivity index (χ0v) is 15.6. The Morgan fingerprint density at radius 3 is 3.12 bits per heavy atom. The van der Waals surface area contributed by atoms with E-state index < -0.39 is 0 Å². The van der Waals surface area contributed by atoms with E-state index in [2.05, 4.69) is 22.1 Å². The Hall–Kier alpha value is -1.02. The highest BCUT2D eigenvalue weighted by Crippen LogP contribution is 2.18. The van der Waals surface area contributed by atoms with Crippen LogP contribution in [0.5, 0.6) is 0 Å². The van der Waals surface area contributed by atoms with Gasteiger partial charge < -0.3 is 20.7 Å². The first-order valence-corrected chi connectivity index (χ1v) is 9.77. The molecule has 0 bridgehead atoms. The Kier molecular flexibility index (Phi) is 8.11. The standard InChI is InChI=1S/C17H30N4O2S/c1-3-23-10-4-8-21-9-6-14(13(2)11-21)20-17(22)15-12-24-16(19-15)5-7-18/h12-14H,3-11,18H2,1-2H3,(H,20,22). The fourth-order valence-corrected chi connectivity index (χ4v) is 3.87. The second kappa shape index (κ2) is 10.1. The molecule has 0 aliphatic carbocycles. The first-order valence-electron chi connectivity index (χ1n) is 8.89. The van der Waals surface area contributed by atoms with Crippen LogP contribution in [0.3, 0.4) is 0 Å². The van der Waals surface area contributed by atoms with Crippen molar-refractivity contribution < 1.29 is 9.53 Å². The molecular weight excluding hydrogens is 324 g/mol. The minimum Gasteiger partial charge on any atom is -0.382 e. The molecule has 0 saturated carbocycles. The molecule has 136 valence electrons. The van der Waals surface area contributed by atoms with Gasteiger partial charge in [0.1, 0.15) is 5.69 Å². The lowest BCUT2D eigenvalue weighted by Gasteiger charge is -2.37. The maximum Gasteiger partial charge on any atom is 0.270 e. The molecule has 3 N–H and O–H groups in total. The smallest absolute Gasteiger partial charge is 0.270 e. The van der Waals surface area contributed by atoms with Gasteiger partial charge in [0.2, 0.25) is 0 Å². The predicted octanol–water partition coefficient (Wildman–Crippen LogP) is 1.51. The second-order valence-electron chi connectivity index (χ2n) is 6.36. The molecule has 2 atom stereocenters. The molecule has 2 heterocycles. The van der Waals surface area contributed by atoms with Gasteiger partial charge >= 0.3 is 0 Å². The normalized spacial score (nSPS) is 21.8. The Balaban J connectivity index is 1.76. The number of aromatic nitrogens is 1.